The van der Waals surface area contributed by atoms with Gasteiger partial charge in [0.15, 0.2) is 0 Å². The van der Waals surface area contributed by atoms with E-state index in [1.54, 1.807) is 0 Å². The van der Waals surface area contributed by atoms with Crippen molar-refractivity contribution in [1.82, 2.24) is 5.32 Å². The molecule has 0 heterocycles. The minimum atomic E-state index is -3.06. The van der Waals surface area contributed by atoms with Gasteiger partial charge >= 0.3 is 0 Å². The van der Waals surface area contributed by atoms with Crippen molar-refractivity contribution in [2.75, 3.05) is 18.6 Å². The molecule has 0 radical (unpaired) electrons. The topological polar surface area (TPSA) is 89.3 Å². The largest absolute Gasteiger partial charge is 0.354 e. The molecule has 0 bridgehead atoms. The quantitative estimate of drug-likeness (QED) is 0.653. The van der Waals surface area contributed by atoms with E-state index < -0.39 is 15.9 Å². The van der Waals surface area contributed by atoms with Gasteiger partial charge in [0.25, 0.3) is 0 Å². The Kier molecular flexibility index (Phi) is 11.1. The fourth-order valence-electron chi connectivity index (χ4n) is 3.07. The van der Waals surface area contributed by atoms with E-state index in [0.29, 0.717) is 12.5 Å². The first kappa shape index (κ1) is 22.7. The maximum Gasteiger partial charge on any atom is 0.236 e. The maximum atomic E-state index is 11.9. The SMILES string of the molecule is CCCCC1CCC(CNC(=O)C(N)CCS(C)(=O)=O)CC1.Cl. The third-order valence-electron chi connectivity index (χ3n) is 4.63. The van der Waals surface area contributed by atoms with E-state index in [2.05, 4.69) is 12.2 Å². The van der Waals surface area contributed by atoms with Crippen LogP contribution < -0.4 is 11.1 Å². The third-order valence-corrected chi connectivity index (χ3v) is 5.61. The molecule has 0 aromatic heterocycles. The second-order valence-electron chi connectivity index (χ2n) is 6.80. The Morgan fingerprint density at radius 2 is 1.78 bits per heavy atom. The molecule has 1 saturated carbocycles. The Labute approximate surface area is 147 Å². The number of unbranched alkanes of at least 4 members (excludes halogenated alkanes) is 1. The summed E-state index contributed by atoms with van der Waals surface area (Å²) in [6, 6.07) is -0.726. The van der Waals surface area contributed by atoms with Gasteiger partial charge in [-0.15, -0.1) is 12.4 Å². The molecule has 1 atom stereocenters. The van der Waals surface area contributed by atoms with Crippen LogP contribution in [-0.2, 0) is 14.6 Å². The van der Waals surface area contributed by atoms with E-state index in [-0.39, 0.29) is 30.5 Å². The lowest BCUT2D eigenvalue weighted by molar-refractivity contribution is -0.122. The van der Waals surface area contributed by atoms with Crippen LogP contribution in [0.3, 0.4) is 0 Å². The van der Waals surface area contributed by atoms with E-state index in [0.717, 1.165) is 12.2 Å². The highest BCUT2D eigenvalue weighted by molar-refractivity contribution is 7.90. The van der Waals surface area contributed by atoms with E-state index >= 15 is 0 Å². The normalized spacial score (nSPS) is 22.9. The van der Waals surface area contributed by atoms with Crippen molar-refractivity contribution >= 4 is 28.2 Å². The van der Waals surface area contributed by atoms with Crippen molar-refractivity contribution in [3.63, 3.8) is 0 Å². The van der Waals surface area contributed by atoms with Crippen LogP contribution in [0.15, 0.2) is 0 Å². The predicted molar refractivity (Wildman–Crippen MR) is 97.5 cm³/mol. The van der Waals surface area contributed by atoms with Crippen LogP contribution in [0.5, 0.6) is 0 Å². The van der Waals surface area contributed by atoms with Gasteiger partial charge in [0.1, 0.15) is 9.84 Å². The number of halogens is 1. The summed E-state index contributed by atoms with van der Waals surface area (Å²) in [5, 5.41) is 2.89. The van der Waals surface area contributed by atoms with Gasteiger partial charge in [0, 0.05) is 12.8 Å². The minimum Gasteiger partial charge on any atom is -0.354 e. The van der Waals surface area contributed by atoms with Crippen molar-refractivity contribution in [2.24, 2.45) is 17.6 Å². The molecule has 0 spiro atoms. The summed E-state index contributed by atoms with van der Waals surface area (Å²) < 4.78 is 22.2. The number of nitrogens with two attached hydrogens (primary N) is 1. The molecule has 7 heteroatoms. The zero-order valence-electron chi connectivity index (χ0n) is 14.4. The van der Waals surface area contributed by atoms with Crippen LogP contribution in [0.1, 0.15) is 58.3 Å². The zero-order chi connectivity index (χ0) is 16.6. The first-order chi connectivity index (χ1) is 10.3. The summed E-state index contributed by atoms with van der Waals surface area (Å²) in [5.41, 5.74) is 5.74. The lowest BCUT2D eigenvalue weighted by Gasteiger charge is -2.28. The minimum absolute atomic E-state index is 0. The highest BCUT2D eigenvalue weighted by Gasteiger charge is 2.22. The van der Waals surface area contributed by atoms with Crippen LogP contribution in [0.2, 0.25) is 0 Å². The van der Waals surface area contributed by atoms with Crippen molar-refractivity contribution in [2.45, 2.75) is 64.3 Å². The molecule has 138 valence electrons. The number of hydrogen-bond donors (Lipinski definition) is 2. The van der Waals surface area contributed by atoms with E-state index in [4.69, 9.17) is 5.73 Å². The molecule has 1 unspecified atom stereocenters. The fraction of sp³-hybridized carbons (Fsp3) is 0.938. The van der Waals surface area contributed by atoms with E-state index in [9.17, 15) is 13.2 Å². The Morgan fingerprint density at radius 1 is 1.22 bits per heavy atom. The first-order valence-corrected chi connectivity index (χ1v) is 10.6. The average Bonchev–Trinajstić information content (AvgIpc) is 2.48. The molecule has 1 aliphatic carbocycles. The second kappa shape index (κ2) is 11.3. The number of carbonyl (C=O) groups excluding carboxylic acids is 1. The Morgan fingerprint density at radius 3 is 2.30 bits per heavy atom. The number of hydrogen-bond acceptors (Lipinski definition) is 4. The number of rotatable bonds is 9. The summed E-state index contributed by atoms with van der Waals surface area (Å²) in [7, 11) is -3.06. The van der Waals surface area contributed by atoms with Gasteiger partial charge in [0.05, 0.1) is 11.8 Å². The molecule has 0 aromatic carbocycles. The maximum absolute atomic E-state index is 11.9. The summed E-state index contributed by atoms with van der Waals surface area (Å²) in [6.07, 6.45) is 10.2. The lowest BCUT2D eigenvalue weighted by atomic mass is 9.80. The van der Waals surface area contributed by atoms with Crippen molar-refractivity contribution in [3.8, 4) is 0 Å². The monoisotopic (exact) mass is 368 g/mol. The van der Waals surface area contributed by atoms with Crippen LogP contribution in [0.25, 0.3) is 0 Å². The fourth-order valence-corrected chi connectivity index (χ4v) is 3.75. The van der Waals surface area contributed by atoms with Crippen LogP contribution in [0.4, 0.5) is 0 Å². The van der Waals surface area contributed by atoms with Crippen LogP contribution in [0, 0.1) is 11.8 Å². The molecule has 1 aliphatic rings. The van der Waals surface area contributed by atoms with Gasteiger partial charge in [0.2, 0.25) is 5.91 Å². The average molecular weight is 369 g/mol. The second-order valence-corrected chi connectivity index (χ2v) is 9.06. The molecule has 0 saturated heterocycles. The Balaban J connectivity index is 0.00000484. The molecule has 1 fully saturated rings. The molecule has 1 amide bonds. The summed E-state index contributed by atoms with van der Waals surface area (Å²) >= 11 is 0. The molecule has 23 heavy (non-hydrogen) atoms. The van der Waals surface area contributed by atoms with Gasteiger partial charge in [-0.2, -0.15) is 0 Å². The molecular formula is C16H33ClN2O3S. The van der Waals surface area contributed by atoms with Gasteiger partial charge in [-0.3, -0.25) is 4.79 Å². The third kappa shape index (κ3) is 10.2. The smallest absolute Gasteiger partial charge is 0.236 e. The van der Waals surface area contributed by atoms with E-state index in [1.165, 1.54) is 44.9 Å². The molecular weight excluding hydrogens is 336 g/mol. The highest BCUT2D eigenvalue weighted by Crippen LogP contribution is 2.31. The summed E-state index contributed by atoms with van der Waals surface area (Å²) in [4.78, 5) is 11.9. The van der Waals surface area contributed by atoms with Gasteiger partial charge < -0.3 is 11.1 Å². The predicted octanol–water partition coefficient (Wildman–Crippen LogP) is 2.28. The van der Waals surface area contributed by atoms with Gasteiger partial charge in [-0.05, 0) is 31.1 Å². The molecule has 1 rings (SSSR count). The number of amides is 1. The van der Waals surface area contributed by atoms with Gasteiger partial charge in [-0.1, -0.05) is 39.0 Å². The number of sulfone groups is 1. The van der Waals surface area contributed by atoms with Crippen LogP contribution in [-0.4, -0.2) is 38.9 Å². The first-order valence-electron chi connectivity index (χ1n) is 8.52. The molecule has 0 aliphatic heterocycles. The van der Waals surface area contributed by atoms with Gasteiger partial charge in [-0.25, -0.2) is 8.42 Å². The summed E-state index contributed by atoms with van der Waals surface area (Å²) in [6.45, 7) is 2.90. The molecule has 3 N–H and O–H groups in total. The standard InChI is InChI=1S/C16H32N2O3S.ClH/c1-3-4-5-13-6-8-14(9-7-13)12-18-16(19)15(17)10-11-22(2,20)21;/h13-15H,3-12,17H2,1-2H3,(H,18,19);1H. The summed E-state index contributed by atoms with van der Waals surface area (Å²) in [5.74, 6) is 1.15. The zero-order valence-corrected chi connectivity index (χ0v) is 16.1. The Bertz CT molecular complexity index is 435. The van der Waals surface area contributed by atoms with Crippen molar-refractivity contribution in [1.29, 1.82) is 0 Å². The molecule has 5 nitrogen and oxygen atoms in total. The lowest BCUT2D eigenvalue weighted by Crippen LogP contribution is -2.43. The van der Waals surface area contributed by atoms with E-state index in [1.807, 2.05) is 0 Å². The van der Waals surface area contributed by atoms with Crippen LogP contribution >= 0.6 is 12.4 Å². The number of carbonyl (C=O) groups is 1. The number of nitrogens with one attached hydrogen (secondary N) is 1. The molecule has 0 aromatic rings. The van der Waals surface area contributed by atoms with Crippen molar-refractivity contribution < 1.29 is 13.2 Å². The highest BCUT2D eigenvalue weighted by atomic mass is 35.5. The van der Waals surface area contributed by atoms with Crippen molar-refractivity contribution in [3.05, 3.63) is 0 Å². The Hall–Kier alpha value is -0.330.